The summed E-state index contributed by atoms with van der Waals surface area (Å²) in [6, 6.07) is 0. The van der Waals surface area contributed by atoms with Gasteiger partial charge in [0.05, 0.1) is 18.3 Å². The zero-order valence-electron chi connectivity index (χ0n) is 35.6. The van der Waals surface area contributed by atoms with Crippen LogP contribution in [0.3, 0.4) is 0 Å². The van der Waals surface area contributed by atoms with Crippen molar-refractivity contribution in [3.05, 3.63) is 47.1 Å². The Morgan fingerprint density at radius 1 is 0.980 bits per heavy atom. The summed E-state index contributed by atoms with van der Waals surface area (Å²) in [4.78, 5) is 12.9. The predicted molar refractivity (Wildman–Crippen MR) is 221 cm³/mol. The van der Waals surface area contributed by atoms with E-state index in [9.17, 15) is 4.79 Å². The zero-order chi connectivity index (χ0) is 38.4. The molecule has 0 N–H and O–H groups in total. The maximum absolute atomic E-state index is 12.9. The Morgan fingerprint density at radius 2 is 1.57 bits per heavy atom. The zero-order valence-corrected chi connectivity index (χ0v) is 37.6. The summed E-state index contributed by atoms with van der Waals surface area (Å²) >= 11 is 0. The van der Waals surface area contributed by atoms with Gasteiger partial charge in [0.15, 0.2) is 16.6 Å². The number of rotatable bonds is 16. The second-order valence-electron chi connectivity index (χ2n) is 19.3. The van der Waals surface area contributed by atoms with Crippen LogP contribution >= 0.6 is 0 Å². The van der Waals surface area contributed by atoms with Gasteiger partial charge >= 0.3 is 5.97 Å². The molecule has 1 unspecified atom stereocenters. The van der Waals surface area contributed by atoms with Gasteiger partial charge in [-0.05, 0) is 116 Å². The Morgan fingerprint density at radius 3 is 2.14 bits per heavy atom. The third-order valence-electron chi connectivity index (χ3n) is 13.3. The smallest absolute Gasteiger partial charge is 0.332 e. The molecule has 0 aromatic carbocycles. The molecule has 5 nitrogen and oxygen atoms in total. The highest BCUT2D eigenvalue weighted by Crippen LogP contribution is 2.56. The molecule has 51 heavy (non-hydrogen) atoms. The topological polar surface area (TPSA) is 54.0 Å². The summed E-state index contributed by atoms with van der Waals surface area (Å²) in [6.45, 7) is 37.0. The lowest BCUT2D eigenvalue weighted by Crippen LogP contribution is -2.49. The average Bonchev–Trinajstić information content (AvgIpc) is 3.38. The van der Waals surface area contributed by atoms with E-state index in [0.29, 0.717) is 5.92 Å². The first-order chi connectivity index (χ1) is 23.6. The molecular formula is C44H78O5Si2. The van der Waals surface area contributed by atoms with E-state index in [-0.39, 0.29) is 52.5 Å². The van der Waals surface area contributed by atoms with Gasteiger partial charge in [0.1, 0.15) is 12.7 Å². The molecule has 0 aromatic heterocycles. The normalized spacial score (nSPS) is 27.2. The van der Waals surface area contributed by atoms with Crippen LogP contribution in [0.4, 0.5) is 0 Å². The van der Waals surface area contributed by atoms with Crippen LogP contribution in [0.2, 0.25) is 36.3 Å². The van der Waals surface area contributed by atoms with E-state index in [1.165, 1.54) is 16.7 Å². The fraction of sp³-hybridized carbons (Fsp3) is 0.795. The minimum Gasteiger partial charge on any atom is -0.461 e. The van der Waals surface area contributed by atoms with E-state index in [2.05, 4.69) is 120 Å². The van der Waals surface area contributed by atoms with E-state index in [1.807, 2.05) is 0 Å². The van der Waals surface area contributed by atoms with Crippen molar-refractivity contribution in [2.45, 2.75) is 207 Å². The molecular weight excluding hydrogens is 665 g/mol. The van der Waals surface area contributed by atoms with Crippen LogP contribution in [-0.4, -0.2) is 53.6 Å². The summed E-state index contributed by atoms with van der Waals surface area (Å²) in [5.41, 5.74) is 5.32. The monoisotopic (exact) mass is 743 g/mol. The van der Waals surface area contributed by atoms with E-state index in [1.54, 1.807) is 0 Å². The summed E-state index contributed by atoms with van der Waals surface area (Å²) in [6.07, 6.45) is 19.7. The van der Waals surface area contributed by atoms with Crippen LogP contribution in [0.15, 0.2) is 47.1 Å². The largest absolute Gasteiger partial charge is 0.461 e. The van der Waals surface area contributed by atoms with Gasteiger partial charge in [0.25, 0.3) is 0 Å². The van der Waals surface area contributed by atoms with Crippen LogP contribution in [0.5, 0.6) is 0 Å². The molecule has 3 aliphatic rings. The standard InChI is InChI=1S/C44H78O5Si2/c1-16-18-22-36(23-19-17-2)47-41(45)31-46-33(4)38-26-27-39-34(21-20-28-44(38,39)11)24-25-35-29-37(48-50(12,13)42(5,6)7)30-40(32(35)3)49-51(14,15)43(8,9)10/h24-26,33,36-37,39-40H,3,16-23,27-31H2,1-2,4-15H3/b34-24+,35-25-/t33?,37-,39+,40+,44-/m1/s1. The van der Waals surface area contributed by atoms with E-state index >= 15 is 0 Å². The minimum absolute atomic E-state index is 0.00657. The molecule has 2 fully saturated rings. The Labute approximate surface area is 316 Å². The van der Waals surface area contributed by atoms with Gasteiger partial charge in [-0.1, -0.05) is 118 Å². The van der Waals surface area contributed by atoms with Crippen molar-refractivity contribution >= 4 is 22.6 Å². The third kappa shape index (κ3) is 11.4. The molecule has 0 radical (unpaired) electrons. The predicted octanol–water partition coefficient (Wildman–Crippen LogP) is 12.8. The molecule has 3 rings (SSSR count). The van der Waals surface area contributed by atoms with Gasteiger partial charge in [-0.25, -0.2) is 4.79 Å². The van der Waals surface area contributed by atoms with Crippen molar-refractivity contribution in [2.75, 3.05) is 6.61 Å². The number of unbranched alkanes of at least 4 members (excludes halogenated alkanes) is 2. The molecule has 0 saturated heterocycles. The van der Waals surface area contributed by atoms with Crippen LogP contribution < -0.4 is 0 Å². The lowest BCUT2D eigenvalue weighted by atomic mass is 9.63. The SMILES string of the molecule is C=C1/C(=C\C=C2/CCC[C@]3(C)C(C(C)OCC(=O)OC(CCCC)CCCC)=CC[C@@H]23)C[C@@H](O[Si](C)(C)C(C)(C)C)C[C@@H]1O[Si](C)(C)C(C)(C)C. The Bertz CT molecular complexity index is 1270. The Kier molecular flexibility index (Phi) is 15.5. The number of hydrogen-bond acceptors (Lipinski definition) is 5. The molecule has 0 amide bonds. The molecule has 0 spiro atoms. The Hall–Kier alpha value is -1.26. The highest BCUT2D eigenvalue weighted by Gasteiger charge is 2.47. The number of ether oxygens (including phenoxy) is 2. The molecule has 2 saturated carbocycles. The fourth-order valence-corrected chi connectivity index (χ4v) is 10.5. The number of carbonyl (C=O) groups excluding carboxylic acids is 1. The maximum Gasteiger partial charge on any atom is 0.332 e. The van der Waals surface area contributed by atoms with Gasteiger partial charge < -0.3 is 18.3 Å². The molecule has 0 aliphatic heterocycles. The Balaban J connectivity index is 1.78. The minimum atomic E-state index is -2.02. The van der Waals surface area contributed by atoms with Crippen LogP contribution in [0.1, 0.15) is 146 Å². The van der Waals surface area contributed by atoms with Crippen molar-refractivity contribution < 1.29 is 23.1 Å². The molecule has 0 bridgehead atoms. The first-order valence-electron chi connectivity index (χ1n) is 20.5. The van der Waals surface area contributed by atoms with Gasteiger partial charge in [-0.3, -0.25) is 0 Å². The van der Waals surface area contributed by atoms with Gasteiger partial charge in [0, 0.05) is 6.42 Å². The number of hydrogen-bond donors (Lipinski definition) is 0. The van der Waals surface area contributed by atoms with Gasteiger partial charge in [-0.15, -0.1) is 0 Å². The average molecular weight is 743 g/mol. The molecule has 5 atom stereocenters. The lowest BCUT2D eigenvalue weighted by molar-refractivity contribution is -0.156. The molecule has 0 heterocycles. The van der Waals surface area contributed by atoms with Crippen molar-refractivity contribution in [2.24, 2.45) is 11.3 Å². The van der Waals surface area contributed by atoms with E-state index in [0.717, 1.165) is 82.6 Å². The second kappa shape index (κ2) is 17.9. The molecule has 0 aromatic rings. The summed E-state index contributed by atoms with van der Waals surface area (Å²) < 4.78 is 26.3. The highest BCUT2D eigenvalue weighted by molar-refractivity contribution is 6.74. The number of carbonyl (C=O) groups is 1. The number of esters is 1. The second-order valence-corrected chi connectivity index (χ2v) is 28.8. The van der Waals surface area contributed by atoms with E-state index in [4.69, 9.17) is 18.3 Å². The van der Waals surface area contributed by atoms with Crippen LogP contribution in [0.25, 0.3) is 0 Å². The first kappa shape index (κ1) is 44.1. The van der Waals surface area contributed by atoms with Gasteiger partial charge in [0.2, 0.25) is 0 Å². The van der Waals surface area contributed by atoms with Gasteiger partial charge in [-0.2, -0.15) is 0 Å². The van der Waals surface area contributed by atoms with Crippen molar-refractivity contribution in [1.82, 2.24) is 0 Å². The maximum atomic E-state index is 12.9. The van der Waals surface area contributed by atoms with Crippen molar-refractivity contribution in [3.8, 4) is 0 Å². The molecule has 3 aliphatic carbocycles. The van der Waals surface area contributed by atoms with Crippen molar-refractivity contribution in [3.63, 3.8) is 0 Å². The molecule has 292 valence electrons. The summed E-state index contributed by atoms with van der Waals surface area (Å²) in [5, 5.41) is 0.272. The lowest BCUT2D eigenvalue weighted by Gasteiger charge is -2.45. The highest BCUT2D eigenvalue weighted by atomic mass is 28.4. The first-order valence-corrected chi connectivity index (χ1v) is 26.3. The summed E-state index contributed by atoms with van der Waals surface area (Å²) in [7, 11) is -3.99. The number of allylic oxidation sites excluding steroid dienone is 4. The third-order valence-corrected chi connectivity index (χ3v) is 22.3. The van der Waals surface area contributed by atoms with Crippen LogP contribution in [0, 0.1) is 11.3 Å². The quantitative estimate of drug-likeness (QED) is 0.0895. The summed E-state index contributed by atoms with van der Waals surface area (Å²) in [5.74, 6) is 0.216. The van der Waals surface area contributed by atoms with E-state index < -0.39 is 16.6 Å². The molecule has 7 heteroatoms. The fourth-order valence-electron chi connectivity index (χ4n) is 7.88. The van der Waals surface area contributed by atoms with Crippen molar-refractivity contribution in [1.29, 1.82) is 0 Å². The number of fused-ring (bicyclic) bond motifs is 1. The van der Waals surface area contributed by atoms with Crippen LogP contribution in [-0.2, 0) is 23.1 Å².